The lowest BCUT2D eigenvalue weighted by atomic mass is 10.1. The van der Waals surface area contributed by atoms with Gasteiger partial charge in [-0.25, -0.2) is 8.78 Å². The van der Waals surface area contributed by atoms with Gasteiger partial charge in [0.15, 0.2) is 0 Å². The zero-order valence-corrected chi connectivity index (χ0v) is 15.4. The monoisotopic (exact) mass is 391 g/mol. The average Bonchev–Trinajstić information content (AvgIpc) is 3.10. The number of nitrogens with zero attached hydrogens (tertiary/aromatic N) is 3. The van der Waals surface area contributed by atoms with Crippen LogP contribution in [-0.4, -0.2) is 27.0 Å². The molecule has 1 aromatic heterocycles. The Kier molecular flexibility index (Phi) is 5.51. The van der Waals surface area contributed by atoms with E-state index in [4.69, 9.17) is 16.0 Å². The van der Waals surface area contributed by atoms with Gasteiger partial charge in [-0.3, -0.25) is 4.79 Å². The summed E-state index contributed by atoms with van der Waals surface area (Å²) in [5.41, 5.74) is 0.214. The fourth-order valence-corrected chi connectivity index (χ4v) is 2.73. The molecular weight excluding hydrogens is 376 g/mol. The van der Waals surface area contributed by atoms with Gasteiger partial charge in [0.1, 0.15) is 11.6 Å². The smallest absolute Gasteiger partial charge is 0.257 e. The minimum atomic E-state index is -0.797. The second-order valence-electron chi connectivity index (χ2n) is 6.13. The van der Waals surface area contributed by atoms with Crippen LogP contribution in [0.3, 0.4) is 0 Å². The maximum atomic E-state index is 14.0. The van der Waals surface area contributed by atoms with Crippen molar-refractivity contribution in [1.29, 1.82) is 0 Å². The van der Waals surface area contributed by atoms with Crippen LogP contribution in [0.1, 0.15) is 30.1 Å². The molecule has 0 spiro atoms. The molecule has 8 heteroatoms. The van der Waals surface area contributed by atoms with Crippen LogP contribution in [0.15, 0.2) is 46.9 Å². The molecule has 0 fully saturated rings. The number of rotatable bonds is 5. The molecule has 0 aliphatic rings. The van der Waals surface area contributed by atoms with Gasteiger partial charge in [0.2, 0.25) is 11.8 Å². The molecule has 0 bridgehead atoms. The normalized spacial score (nSPS) is 11.0. The van der Waals surface area contributed by atoms with Crippen molar-refractivity contribution in [3.05, 3.63) is 70.6 Å². The van der Waals surface area contributed by atoms with Gasteiger partial charge < -0.3 is 9.32 Å². The predicted octanol–water partition coefficient (Wildman–Crippen LogP) is 4.72. The maximum Gasteiger partial charge on any atom is 0.257 e. The number of amides is 1. The summed E-state index contributed by atoms with van der Waals surface area (Å²) >= 11 is 6.12. The Labute approximate surface area is 159 Å². The molecule has 0 saturated heterocycles. The highest BCUT2D eigenvalue weighted by Crippen LogP contribution is 2.27. The first-order valence-corrected chi connectivity index (χ1v) is 8.58. The zero-order chi connectivity index (χ0) is 19.6. The molecule has 0 saturated carbocycles. The van der Waals surface area contributed by atoms with Crippen LogP contribution < -0.4 is 0 Å². The molecule has 0 N–H and O–H groups in total. The van der Waals surface area contributed by atoms with Crippen molar-refractivity contribution in [2.45, 2.75) is 26.4 Å². The van der Waals surface area contributed by atoms with Crippen LogP contribution in [0.2, 0.25) is 5.02 Å². The van der Waals surface area contributed by atoms with Crippen LogP contribution in [0, 0.1) is 11.6 Å². The quantitative estimate of drug-likeness (QED) is 0.631. The minimum absolute atomic E-state index is 0.0517. The standard InChI is InChI=1S/C19H16ClF2N3O2/c1-11(2)25(19(26)14-9-12(21)7-8-16(14)22)10-17-23-24-18(27-17)13-5-3-4-6-15(13)20/h3-9,11H,10H2,1-2H3. The molecule has 1 amide bonds. The van der Waals surface area contributed by atoms with Crippen LogP contribution in [0.25, 0.3) is 11.5 Å². The van der Waals surface area contributed by atoms with E-state index in [1.807, 2.05) is 0 Å². The first-order valence-electron chi connectivity index (χ1n) is 8.20. The van der Waals surface area contributed by atoms with E-state index in [9.17, 15) is 13.6 Å². The molecule has 3 rings (SSSR count). The lowest BCUT2D eigenvalue weighted by molar-refractivity contribution is 0.0667. The fourth-order valence-electron chi connectivity index (χ4n) is 2.51. The molecule has 0 radical (unpaired) electrons. The Morgan fingerprint density at radius 3 is 2.63 bits per heavy atom. The number of benzene rings is 2. The van der Waals surface area contributed by atoms with Crippen molar-refractivity contribution in [1.82, 2.24) is 15.1 Å². The van der Waals surface area contributed by atoms with Crippen molar-refractivity contribution in [3.8, 4) is 11.5 Å². The lowest BCUT2D eigenvalue weighted by Gasteiger charge is -2.25. The number of carbonyl (C=O) groups excluding carboxylic acids is 1. The van der Waals surface area contributed by atoms with Crippen LogP contribution in [0.5, 0.6) is 0 Å². The van der Waals surface area contributed by atoms with Crippen molar-refractivity contribution in [2.75, 3.05) is 0 Å². The third kappa shape index (κ3) is 4.14. The topological polar surface area (TPSA) is 59.2 Å². The summed E-state index contributed by atoms with van der Waals surface area (Å²) in [4.78, 5) is 14.0. The van der Waals surface area contributed by atoms with Crippen molar-refractivity contribution in [2.24, 2.45) is 0 Å². The fraction of sp³-hybridized carbons (Fsp3) is 0.211. The highest BCUT2D eigenvalue weighted by Gasteiger charge is 2.25. The average molecular weight is 392 g/mol. The van der Waals surface area contributed by atoms with Crippen LogP contribution in [0.4, 0.5) is 8.78 Å². The summed E-state index contributed by atoms with van der Waals surface area (Å²) in [5.74, 6) is -1.79. The maximum absolute atomic E-state index is 14.0. The second-order valence-corrected chi connectivity index (χ2v) is 6.54. The highest BCUT2D eigenvalue weighted by molar-refractivity contribution is 6.33. The van der Waals surface area contributed by atoms with E-state index in [1.54, 1.807) is 38.1 Å². The molecule has 2 aromatic carbocycles. The summed E-state index contributed by atoms with van der Waals surface area (Å²) in [6.07, 6.45) is 0. The lowest BCUT2D eigenvalue weighted by Crippen LogP contribution is -2.37. The largest absolute Gasteiger partial charge is 0.419 e. The van der Waals surface area contributed by atoms with Gasteiger partial charge in [0, 0.05) is 6.04 Å². The Morgan fingerprint density at radius 1 is 1.19 bits per heavy atom. The molecule has 5 nitrogen and oxygen atoms in total. The Hall–Kier alpha value is -2.80. The predicted molar refractivity (Wildman–Crippen MR) is 96.1 cm³/mol. The van der Waals surface area contributed by atoms with Gasteiger partial charge in [-0.1, -0.05) is 23.7 Å². The van der Waals surface area contributed by atoms with E-state index in [0.717, 1.165) is 18.2 Å². The van der Waals surface area contributed by atoms with Crippen LogP contribution >= 0.6 is 11.6 Å². The molecular formula is C19H16ClF2N3O2. The summed E-state index contributed by atoms with van der Waals surface area (Å²) < 4.78 is 33.0. The molecule has 0 unspecified atom stereocenters. The molecule has 3 aromatic rings. The third-order valence-electron chi connectivity index (χ3n) is 3.92. The Morgan fingerprint density at radius 2 is 1.93 bits per heavy atom. The Bertz CT molecular complexity index is 975. The number of carbonyl (C=O) groups is 1. The molecule has 1 heterocycles. The third-order valence-corrected chi connectivity index (χ3v) is 4.25. The van der Waals surface area contributed by atoms with Gasteiger partial charge in [-0.05, 0) is 44.2 Å². The van der Waals surface area contributed by atoms with Crippen LogP contribution in [-0.2, 0) is 6.54 Å². The summed E-state index contributed by atoms with van der Waals surface area (Å²) in [5, 5.41) is 8.34. The number of aromatic nitrogens is 2. The molecule has 140 valence electrons. The van der Waals surface area contributed by atoms with E-state index in [2.05, 4.69) is 10.2 Å². The van der Waals surface area contributed by atoms with Gasteiger partial charge in [0.25, 0.3) is 5.91 Å². The highest BCUT2D eigenvalue weighted by atomic mass is 35.5. The summed E-state index contributed by atoms with van der Waals surface area (Å²) in [6, 6.07) is 9.41. The Balaban J connectivity index is 1.86. The van der Waals surface area contributed by atoms with E-state index < -0.39 is 17.5 Å². The number of hydrogen-bond donors (Lipinski definition) is 0. The van der Waals surface area contributed by atoms with E-state index in [0.29, 0.717) is 10.6 Å². The van der Waals surface area contributed by atoms with Crippen molar-refractivity contribution in [3.63, 3.8) is 0 Å². The molecule has 27 heavy (non-hydrogen) atoms. The van der Waals surface area contributed by atoms with E-state index >= 15 is 0 Å². The van der Waals surface area contributed by atoms with E-state index in [-0.39, 0.29) is 29.9 Å². The summed E-state index contributed by atoms with van der Waals surface area (Å²) in [7, 11) is 0. The first kappa shape index (κ1) is 19.0. The number of halogens is 3. The van der Waals surface area contributed by atoms with Crippen molar-refractivity contribution < 1.29 is 18.0 Å². The minimum Gasteiger partial charge on any atom is -0.419 e. The molecule has 0 aliphatic heterocycles. The van der Waals surface area contributed by atoms with Gasteiger partial charge in [0.05, 0.1) is 22.7 Å². The van der Waals surface area contributed by atoms with Gasteiger partial charge >= 0.3 is 0 Å². The van der Waals surface area contributed by atoms with E-state index in [1.165, 1.54) is 4.90 Å². The summed E-state index contributed by atoms with van der Waals surface area (Å²) in [6.45, 7) is 3.45. The SMILES string of the molecule is CC(C)N(Cc1nnc(-c2ccccc2Cl)o1)C(=O)c1cc(F)ccc1F. The number of hydrogen-bond acceptors (Lipinski definition) is 4. The van der Waals surface area contributed by atoms with Gasteiger partial charge in [-0.15, -0.1) is 10.2 Å². The molecule has 0 atom stereocenters. The van der Waals surface area contributed by atoms with Gasteiger partial charge in [-0.2, -0.15) is 0 Å². The first-order chi connectivity index (χ1) is 12.9. The van der Waals surface area contributed by atoms with Crippen molar-refractivity contribution >= 4 is 17.5 Å². The zero-order valence-electron chi connectivity index (χ0n) is 14.6. The second kappa shape index (κ2) is 7.84. The molecule has 0 aliphatic carbocycles.